The fraction of sp³-hybridized carbons (Fsp3) is 0.308. The number of hydrogen-bond acceptors (Lipinski definition) is 3. The number of hydrogen-bond donors (Lipinski definition) is 2. The fourth-order valence-corrected chi connectivity index (χ4v) is 2.17. The van der Waals surface area contributed by atoms with Crippen molar-refractivity contribution in [2.24, 2.45) is 11.7 Å². The first-order chi connectivity index (χ1) is 9.04. The second kappa shape index (κ2) is 5.09. The zero-order valence-electron chi connectivity index (χ0n) is 10.6. The number of carbonyl (C=O) groups is 3. The molecule has 3 amide bonds. The second-order valence-corrected chi connectivity index (χ2v) is 4.40. The molecule has 100 valence electrons. The van der Waals surface area contributed by atoms with Crippen LogP contribution in [0.5, 0.6) is 0 Å². The Hall–Kier alpha value is -2.37. The molecule has 1 unspecified atom stereocenters. The van der Waals surface area contributed by atoms with E-state index in [2.05, 4.69) is 5.32 Å². The summed E-state index contributed by atoms with van der Waals surface area (Å²) in [5.41, 5.74) is 6.14. The van der Waals surface area contributed by atoms with Gasteiger partial charge in [0.25, 0.3) is 5.91 Å². The van der Waals surface area contributed by atoms with E-state index in [9.17, 15) is 14.4 Å². The summed E-state index contributed by atoms with van der Waals surface area (Å²) in [6.45, 7) is 0.224. The molecule has 1 aliphatic rings. The van der Waals surface area contributed by atoms with Crippen LogP contribution in [0, 0.1) is 5.92 Å². The van der Waals surface area contributed by atoms with Crippen LogP contribution < -0.4 is 16.0 Å². The fourth-order valence-electron chi connectivity index (χ4n) is 2.17. The number of amides is 3. The van der Waals surface area contributed by atoms with Crippen LogP contribution >= 0.6 is 0 Å². The molecule has 0 saturated carbocycles. The maximum atomic E-state index is 11.9. The summed E-state index contributed by atoms with van der Waals surface area (Å²) in [5, 5.41) is 2.53. The van der Waals surface area contributed by atoms with Gasteiger partial charge in [-0.15, -0.1) is 0 Å². The summed E-state index contributed by atoms with van der Waals surface area (Å²) in [6.07, 6.45) is 0.0947. The van der Waals surface area contributed by atoms with E-state index in [0.29, 0.717) is 11.3 Å². The molecular weight excluding hydrogens is 246 g/mol. The predicted molar refractivity (Wildman–Crippen MR) is 69.5 cm³/mol. The van der Waals surface area contributed by atoms with E-state index in [-0.39, 0.29) is 24.8 Å². The van der Waals surface area contributed by atoms with E-state index in [1.54, 1.807) is 24.3 Å². The molecule has 0 aliphatic carbocycles. The largest absolute Gasteiger partial charge is 0.369 e. The van der Waals surface area contributed by atoms with Crippen molar-refractivity contribution in [3.63, 3.8) is 0 Å². The number of anilines is 1. The smallest absolute Gasteiger partial charge is 0.253 e. The Morgan fingerprint density at radius 1 is 1.37 bits per heavy atom. The Kier molecular flexibility index (Phi) is 3.50. The Morgan fingerprint density at radius 2 is 2.05 bits per heavy atom. The van der Waals surface area contributed by atoms with E-state index >= 15 is 0 Å². The van der Waals surface area contributed by atoms with Gasteiger partial charge in [0.05, 0.1) is 17.2 Å². The van der Waals surface area contributed by atoms with E-state index in [0.717, 1.165) is 0 Å². The number of nitrogens with zero attached hydrogens (tertiary/aromatic N) is 1. The van der Waals surface area contributed by atoms with Crippen molar-refractivity contribution in [2.75, 3.05) is 18.5 Å². The van der Waals surface area contributed by atoms with Gasteiger partial charge in [0.15, 0.2) is 0 Å². The van der Waals surface area contributed by atoms with Gasteiger partial charge in [-0.2, -0.15) is 0 Å². The quantitative estimate of drug-likeness (QED) is 0.794. The van der Waals surface area contributed by atoms with Gasteiger partial charge in [-0.1, -0.05) is 12.1 Å². The first-order valence-corrected chi connectivity index (χ1v) is 5.95. The summed E-state index contributed by atoms with van der Waals surface area (Å²) in [7, 11) is 1.52. The third-order valence-electron chi connectivity index (χ3n) is 3.19. The minimum atomic E-state index is -0.495. The maximum absolute atomic E-state index is 11.9. The normalized spacial score (nSPS) is 18.5. The summed E-state index contributed by atoms with van der Waals surface area (Å²) < 4.78 is 0. The third-order valence-corrected chi connectivity index (χ3v) is 3.19. The van der Waals surface area contributed by atoms with Crippen molar-refractivity contribution in [1.29, 1.82) is 0 Å². The van der Waals surface area contributed by atoms with Gasteiger partial charge in [0.1, 0.15) is 0 Å². The Morgan fingerprint density at radius 3 is 2.63 bits per heavy atom. The van der Waals surface area contributed by atoms with Crippen molar-refractivity contribution >= 4 is 23.4 Å². The molecule has 6 heteroatoms. The van der Waals surface area contributed by atoms with Gasteiger partial charge in [0, 0.05) is 20.0 Å². The van der Waals surface area contributed by atoms with Crippen LogP contribution in [0.1, 0.15) is 16.8 Å². The average Bonchev–Trinajstić information content (AvgIpc) is 2.80. The highest BCUT2D eigenvalue weighted by molar-refractivity contribution is 6.07. The Labute approximate surface area is 110 Å². The summed E-state index contributed by atoms with van der Waals surface area (Å²) in [5.74, 6) is -1.45. The molecule has 1 heterocycles. The van der Waals surface area contributed by atoms with E-state index in [1.807, 2.05) is 0 Å². The zero-order chi connectivity index (χ0) is 14.0. The van der Waals surface area contributed by atoms with Crippen LogP contribution in [0.3, 0.4) is 0 Å². The minimum absolute atomic E-state index is 0.0947. The number of para-hydroxylation sites is 1. The summed E-state index contributed by atoms with van der Waals surface area (Å²) in [4.78, 5) is 36.3. The molecule has 2 rings (SSSR count). The van der Waals surface area contributed by atoms with Gasteiger partial charge in [0.2, 0.25) is 11.8 Å². The topological polar surface area (TPSA) is 92.5 Å². The molecule has 0 radical (unpaired) electrons. The van der Waals surface area contributed by atoms with Gasteiger partial charge >= 0.3 is 0 Å². The lowest BCUT2D eigenvalue weighted by Crippen LogP contribution is -2.30. The van der Waals surface area contributed by atoms with E-state index in [4.69, 9.17) is 5.73 Å². The average molecular weight is 261 g/mol. The van der Waals surface area contributed by atoms with Crippen molar-refractivity contribution in [3.8, 4) is 0 Å². The molecule has 0 bridgehead atoms. The molecule has 1 aliphatic heterocycles. The lowest BCUT2D eigenvalue weighted by Gasteiger charge is -2.19. The highest BCUT2D eigenvalue weighted by Gasteiger charge is 2.35. The highest BCUT2D eigenvalue weighted by atomic mass is 16.2. The number of nitrogens with one attached hydrogen (secondary N) is 1. The highest BCUT2D eigenvalue weighted by Crippen LogP contribution is 2.27. The number of nitrogens with two attached hydrogens (primary N) is 1. The number of rotatable bonds is 3. The molecule has 0 spiro atoms. The maximum Gasteiger partial charge on any atom is 0.253 e. The van der Waals surface area contributed by atoms with Gasteiger partial charge in [-0.3, -0.25) is 14.4 Å². The molecule has 6 nitrogen and oxygen atoms in total. The van der Waals surface area contributed by atoms with Crippen molar-refractivity contribution in [3.05, 3.63) is 29.8 Å². The first kappa shape index (κ1) is 13.1. The number of carbonyl (C=O) groups excluding carboxylic acids is 3. The van der Waals surface area contributed by atoms with Crippen molar-refractivity contribution < 1.29 is 14.4 Å². The molecule has 0 aromatic heterocycles. The van der Waals surface area contributed by atoms with Crippen molar-refractivity contribution in [1.82, 2.24) is 5.32 Å². The van der Waals surface area contributed by atoms with Crippen LogP contribution in [0.2, 0.25) is 0 Å². The molecule has 1 saturated heterocycles. The predicted octanol–water partition coefficient (Wildman–Crippen LogP) is -0.116. The molecule has 1 atom stereocenters. The Balaban J connectivity index is 2.35. The molecule has 3 N–H and O–H groups in total. The number of benzene rings is 1. The molecule has 1 aromatic rings. The molecule has 1 fully saturated rings. The first-order valence-electron chi connectivity index (χ1n) is 5.95. The van der Waals surface area contributed by atoms with Crippen LogP contribution in [-0.2, 0) is 9.59 Å². The van der Waals surface area contributed by atoms with Crippen LogP contribution in [-0.4, -0.2) is 31.3 Å². The lowest BCUT2D eigenvalue weighted by atomic mass is 10.1. The van der Waals surface area contributed by atoms with E-state index < -0.39 is 11.8 Å². The second-order valence-electron chi connectivity index (χ2n) is 4.40. The van der Waals surface area contributed by atoms with Crippen molar-refractivity contribution in [2.45, 2.75) is 6.42 Å². The zero-order valence-corrected chi connectivity index (χ0v) is 10.6. The number of primary amides is 1. The monoisotopic (exact) mass is 261 g/mol. The molecule has 1 aromatic carbocycles. The lowest BCUT2D eigenvalue weighted by molar-refractivity contribution is -0.123. The standard InChI is InChI=1S/C13H15N3O3/c1-15-13(19)9-4-2-3-5-10(9)16-7-8(12(14)18)6-11(16)17/h2-5,8H,6-7H2,1H3,(H2,14,18)(H,15,19). The summed E-state index contributed by atoms with van der Waals surface area (Å²) in [6, 6.07) is 6.79. The summed E-state index contributed by atoms with van der Waals surface area (Å²) >= 11 is 0. The van der Waals surface area contributed by atoms with Crippen LogP contribution in [0.25, 0.3) is 0 Å². The SMILES string of the molecule is CNC(=O)c1ccccc1N1CC(C(N)=O)CC1=O. The third kappa shape index (κ3) is 2.42. The Bertz CT molecular complexity index is 542. The van der Waals surface area contributed by atoms with Crippen LogP contribution in [0.4, 0.5) is 5.69 Å². The van der Waals surface area contributed by atoms with Gasteiger partial charge in [-0.05, 0) is 12.1 Å². The molecular formula is C13H15N3O3. The minimum Gasteiger partial charge on any atom is -0.369 e. The van der Waals surface area contributed by atoms with Crippen LogP contribution in [0.15, 0.2) is 24.3 Å². The van der Waals surface area contributed by atoms with Gasteiger partial charge < -0.3 is 16.0 Å². The van der Waals surface area contributed by atoms with Gasteiger partial charge in [-0.25, -0.2) is 0 Å². The molecule has 19 heavy (non-hydrogen) atoms. The van der Waals surface area contributed by atoms with E-state index in [1.165, 1.54) is 11.9 Å².